The molecule has 38 heavy (non-hydrogen) atoms. The van der Waals surface area contributed by atoms with Gasteiger partial charge in [0.15, 0.2) is 0 Å². The number of methoxy groups -OCH3 is 1. The van der Waals surface area contributed by atoms with E-state index in [4.69, 9.17) is 4.74 Å². The summed E-state index contributed by atoms with van der Waals surface area (Å²) in [5.74, 6) is 0.825. The summed E-state index contributed by atoms with van der Waals surface area (Å²) in [6, 6.07) is 13.0. The van der Waals surface area contributed by atoms with E-state index >= 15 is 0 Å². The Morgan fingerprint density at radius 2 is 1.50 bits per heavy atom. The Hall–Kier alpha value is -3.77. The third-order valence-corrected chi connectivity index (χ3v) is 8.36. The van der Waals surface area contributed by atoms with E-state index in [1.54, 1.807) is 13.3 Å². The Balaban J connectivity index is 1.16. The lowest BCUT2D eigenvalue weighted by molar-refractivity contribution is -0.116. The molecule has 0 aliphatic heterocycles. The highest BCUT2D eigenvalue weighted by atomic mass is 32.1. The minimum Gasteiger partial charge on any atom is -0.496 e. The fourth-order valence-electron chi connectivity index (χ4n) is 4.55. The molecule has 0 unspecified atom stereocenters. The standard InChI is InChI=1S/C26H27N7O3S2/c1-36-20-11-3-2-7-16(20)14-21(34)28-25-32-30-23(37-25)17-8-6-9-18(13-17)24-31-33-26(38-24)29-22(35)15-19-10-4-5-12-27-19/h2-5,7,10-12,17-18H,6,8-9,13-15H2,1H3,(H,28,32,34)(H,29,33,35)/t17-,18-/m1/s1. The van der Waals surface area contributed by atoms with Crippen LogP contribution < -0.4 is 15.4 Å². The van der Waals surface area contributed by atoms with Gasteiger partial charge in [-0.2, -0.15) is 0 Å². The predicted molar refractivity (Wildman–Crippen MR) is 146 cm³/mol. The number of amides is 2. The van der Waals surface area contributed by atoms with Gasteiger partial charge < -0.3 is 15.4 Å². The summed E-state index contributed by atoms with van der Waals surface area (Å²) in [5.41, 5.74) is 1.52. The maximum atomic E-state index is 12.6. The zero-order valence-electron chi connectivity index (χ0n) is 20.8. The molecule has 2 N–H and O–H groups in total. The fourth-order valence-corrected chi connectivity index (χ4v) is 6.37. The predicted octanol–water partition coefficient (Wildman–Crippen LogP) is 4.60. The summed E-state index contributed by atoms with van der Waals surface area (Å²) in [6.07, 6.45) is 5.98. The van der Waals surface area contributed by atoms with Gasteiger partial charge in [-0.1, -0.05) is 53.4 Å². The number of aromatic nitrogens is 5. The van der Waals surface area contributed by atoms with Crippen LogP contribution in [-0.2, 0) is 22.4 Å². The summed E-state index contributed by atoms with van der Waals surface area (Å²) in [7, 11) is 1.59. The van der Waals surface area contributed by atoms with E-state index in [-0.39, 0.29) is 36.5 Å². The topological polar surface area (TPSA) is 132 Å². The van der Waals surface area contributed by atoms with Crippen LogP contribution in [-0.4, -0.2) is 44.3 Å². The Morgan fingerprint density at radius 3 is 2.13 bits per heavy atom. The van der Waals surface area contributed by atoms with Crippen molar-refractivity contribution < 1.29 is 14.3 Å². The van der Waals surface area contributed by atoms with Gasteiger partial charge >= 0.3 is 0 Å². The molecule has 0 bridgehead atoms. The van der Waals surface area contributed by atoms with Crippen LogP contribution in [0.25, 0.3) is 0 Å². The highest BCUT2D eigenvalue weighted by Gasteiger charge is 2.29. The van der Waals surface area contributed by atoms with E-state index in [0.29, 0.717) is 21.7 Å². The zero-order chi connectivity index (χ0) is 26.3. The first kappa shape index (κ1) is 25.9. The van der Waals surface area contributed by atoms with E-state index in [9.17, 15) is 9.59 Å². The Kier molecular flexibility index (Phi) is 8.29. The lowest BCUT2D eigenvalue weighted by atomic mass is 9.82. The summed E-state index contributed by atoms with van der Waals surface area (Å²) in [5, 5.41) is 25.7. The summed E-state index contributed by atoms with van der Waals surface area (Å²) >= 11 is 2.84. The van der Waals surface area contributed by atoms with E-state index in [0.717, 1.165) is 41.3 Å². The molecule has 1 aliphatic carbocycles. The van der Waals surface area contributed by atoms with Crippen molar-refractivity contribution in [3.05, 3.63) is 69.9 Å². The van der Waals surface area contributed by atoms with Gasteiger partial charge in [-0.25, -0.2) is 0 Å². The van der Waals surface area contributed by atoms with E-state index in [1.165, 1.54) is 22.7 Å². The second kappa shape index (κ2) is 12.2. The number of hydrogen-bond acceptors (Lipinski definition) is 10. The molecular weight excluding hydrogens is 522 g/mol. The molecule has 3 heterocycles. The van der Waals surface area contributed by atoms with Crippen LogP contribution in [0, 0.1) is 0 Å². The van der Waals surface area contributed by atoms with Crippen LogP contribution in [0.15, 0.2) is 48.7 Å². The number of ether oxygens (including phenoxy) is 1. The van der Waals surface area contributed by atoms with Crippen LogP contribution in [0.4, 0.5) is 10.3 Å². The quantitative estimate of drug-likeness (QED) is 0.310. The van der Waals surface area contributed by atoms with Crippen molar-refractivity contribution in [1.82, 2.24) is 25.4 Å². The minimum atomic E-state index is -0.165. The molecule has 5 rings (SSSR count). The number of carbonyl (C=O) groups is 2. The maximum Gasteiger partial charge on any atom is 0.232 e. The van der Waals surface area contributed by atoms with Gasteiger partial charge in [0.1, 0.15) is 15.8 Å². The largest absolute Gasteiger partial charge is 0.496 e. The summed E-state index contributed by atoms with van der Waals surface area (Å²) in [4.78, 5) is 29.1. The van der Waals surface area contributed by atoms with Crippen molar-refractivity contribution in [1.29, 1.82) is 0 Å². The van der Waals surface area contributed by atoms with Crippen LogP contribution in [0.2, 0.25) is 0 Å². The lowest BCUT2D eigenvalue weighted by Gasteiger charge is -2.25. The highest BCUT2D eigenvalue weighted by molar-refractivity contribution is 7.15. The highest BCUT2D eigenvalue weighted by Crippen LogP contribution is 2.43. The van der Waals surface area contributed by atoms with E-state index in [1.807, 2.05) is 42.5 Å². The number of rotatable bonds is 9. The zero-order valence-corrected chi connectivity index (χ0v) is 22.4. The number of hydrogen-bond donors (Lipinski definition) is 2. The molecule has 12 heteroatoms. The molecule has 1 aromatic carbocycles. The Morgan fingerprint density at radius 1 is 0.868 bits per heavy atom. The lowest BCUT2D eigenvalue weighted by Crippen LogP contribution is -2.14. The summed E-state index contributed by atoms with van der Waals surface area (Å²) in [6.45, 7) is 0. The van der Waals surface area contributed by atoms with E-state index < -0.39 is 0 Å². The van der Waals surface area contributed by atoms with E-state index in [2.05, 4.69) is 36.0 Å². The molecule has 2 atom stereocenters. The molecule has 2 amide bonds. The van der Waals surface area contributed by atoms with Crippen LogP contribution >= 0.6 is 22.7 Å². The smallest absolute Gasteiger partial charge is 0.232 e. The first-order chi connectivity index (χ1) is 18.6. The molecule has 1 saturated carbocycles. The third kappa shape index (κ3) is 6.56. The monoisotopic (exact) mass is 549 g/mol. The van der Waals surface area contributed by atoms with Gasteiger partial charge in [-0.05, 0) is 37.5 Å². The SMILES string of the molecule is COc1ccccc1CC(=O)Nc1nnc([C@@H]2CCC[C@@H](c3nnc(NC(=O)Cc4ccccn4)s3)C2)s1. The maximum absolute atomic E-state index is 12.6. The van der Waals surface area contributed by atoms with Crippen molar-refractivity contribution in [2.75, 3.05) is 17.7 Å². The van der Waals surface area contributed by atoms with Crippen LogP contribution in [0.1, 0.15) is 58.8 Å². The van der Waals surface area contributed by atoms with Crippen molar-refractivity contribution >= 4 is 44.8 Å². The second-order valence-corrected chi connectivity index (χ2v) is 11.1. The van der Waals surface area contributed by atoms with Gasteiger partial charge in [-0.15, -0.1) is 20.4 Å². The molecule has 1 fully saturated rings. The van der Waals surface area contributed by atoms with Crippen molar-refractivity contribution in [2.24, 2.45) is 0 Å². The van der Waals surface area contributed by atoms with Gasteiger partial charge in [0.25, 0.3) is 0 Å². The average molecular weight is 550 g/mol. The third-order valence-electron chi connectivity index (χ3n) is 6.36. The summed E-state index contributed by atoms with van der Waals surface area (Å²) < 4.78 is 5.33. The molecule has 0 radical (unpaired) electrons. The average Bonchev–Trinajstić information content (AvgIpc) is 3.59. The number of para-hydroxylation sites is 1. The van der Waals surface area contributed by atoms with Crippen molar-refractivity contribution in [3.8, 4) is 5.75 Å². The molecule has 0 spiro atoms. The van der Waals surface area contributed by atoms with Gasteiger partial charge in [0.2, 0.25) is 22.1 Å². The normalized spacial score (nSPS) is 17.1. The molecule has 0 saturated heterocycles. The number of carbonyl (C=O) groups excluding carboxylic acids is 2. The van der Waals surface area contributed by atoms with Crippen molar-refractivity contribution in [3.63, 3.8) is 0 Å². The molecule has 1 aliphatic rings. The molecule has 3 aromatic heterocycles. The first-order valence-corrected chi connectivity index (χ1v) is 14.0. The molecule has 4 aromatic rings. The molecule has 196 valence electrons. The van der Waals surface area contributed by atoms with Gasteiger partial charge in [0, 0.05) is 29.3 Å². The number of pyridine rings is 1. The Labute approximate surface area is 227 Å². The number of benzene rings is 1. The minimum absolute atomic E-state index is 0.162. The number of nitrogens with one attached hydrogen (secondary N) is 2. The Bertz CT molecular complexity index is 1390. The van der Waals surface area contributed by atoms with Crippen LogP contribution in [0.5, 0.6) is 5.75 Å². The molecular formula is C26H27N7O3S2. The van der Waals surface area contributed by atoms with Crippen molar-refractivity contribution in [2.45, 2.75) is 50.4 Å². The fraction of sp³-hybridized carbons (Fsp3) is 0.346. The van der Waals surface area contributed by atoms with Crippen LogP contribution in [0.3, 0.4) is 0 Å². The van der Waals surface area contributed by atoms with Gasteiger partial charge in [0.05, 0.1) is 20.0 Å². The first-order valence-electron chi connectivity index (χ1n) is 12.4. The second-order valence-electron chi connectivity index (χ2n) is 9.03. The number of anilines is 2. The van der Waals surface area contributed by atoms with Gasteiger partial charge in [-0.3, -0.25) is 14.6 Å². The number of nitrogens with zero attached hydrogens (tertiary/aromatic N) is 5. The molecule has 10 nitrogen and oxygen atoms in total.